The molecule has 0 bridgehead atoms. The molecule has 0 spiro atoms. The van der Waals surface area contributed by atoms with Crippen molar-refractivity contribution in [2.45, 2.75) is 126 Å². The van der Waals surface area contributed by atoms with Crippen molar-refractivity contribution in [3.05, 3.63) is 83.9 Å². The number of guanidine groups is 4. The number of benzene rings is 3. The van der Waals surface area contributed by atoms with Crippen LogP contribution in [0.5, 0.6) is 0 Å². The molecule has 38 heteroatoms. The Morgan fingerprint density at radius 2 is 0.788 bits per heavy atom. The topological polar surface area (TPSA) is 566 Å². The zero-order valence-electron chi connectivity index (χ0n) is 55.3. The van der Waals surface area contributed by atoms with E-state index in [0.29, 0.717) is 17.7 Å². The van der Waals surface area contributed by atoms with Gasteiger partial charge >= 0.3 is 0 Å². The van der Waals surface area contributed by atoms with Crippen molar-refractivity contribution in [2.24, 2.45) is 22.9 Å². The van der Waals surface area contributed by atoms with Crippen LogP contribution in [-0.2, 0) is 75.0 Å². The van der Waals surface area contributed by atoms with Gasteiger partial charge in [0.25, 0.3) is 0 Å². The van der Waals surface area contributed by atoms with Gasteiger partial charge in [-0.05, 0) is 94.6 Å². The number of fused-ring (bicyclic) bond motifs is 1. The first-order valence-corrected chi connectivity index (χ1v) is 37.3. The van der Waals surface area contributed by atoms with Crippen LogP contribution in [0.15, 0.2) is 72.8 Å². The number of rotatable bonds is 38. The minimum Gasteiger partial charge on any atom is -0.377 e. The molecular weight excluding hydrogens is 1340 g/mol. The summed E-state index contributed by atoms with van der Waals surface area (Å²) in [6.07, 6.45) is -1.25. The smallest absolute Gasteiger partial charge is 0.249 e. The van der Waals surface area contributed by atoms with E-state index < -0.39 is 96.0 Å². The highest BCUT2D eigenvalue weighted by molar-refractivity contribution is 8.42. The lowest BCUT2D eigenvalue weighted by Gasteiger charge is -2.28. The number of hydrogen-bond donors (Lipinski definition) is 22. The summed E-state index contributed by atoms with van der Waals surface area (Å²) in [5.74, 6) is -8.98. The maximum atomic E-state index is 15.1. The van der Waals surface area contributed by atoms with Crippen LogP contribution in [0.3, 0.4) is 0 Å². The Morgan fingerprint density at radius 3 is 1.22 bits per heavy atom. The fourth-order valence-electron chi connectivity index (χ4n) is 9.75. The Morgan fingerprint density at radius 1 is 0.414 bits per heavy atom. The highest BCUT2D eigenvalue weighted by atomic mass is 32.4. The van der Waals surface area contributed by atoms with E-state index in [1.165, 1.54) is 0 Å². The molecule has 35 nitrogen and oxygen atoms in total. The van der Waals surface area contributed by atoms with E-state index in [-0.39, 0.29) is 197 Å². The fourth-order valence-corrected chi connectivity index (χ4v) is 13.4. The molecule has 10 atom stereocenters. The maximum absolute atomic E-state index is 15.1. The lowest BCUT2D eigenvalue weighted by atomic mass is 9.99. The first-order valence-electron chi connectivity index (χ1n) is 32.3. The van der Waals surface area contributed by atoms with Gasteiger partial charge in [0.1, 0.15) is 55.5 Å². The normalized spacial score (nSPS) is 19.1. The monoisotopic (exact) mass is 1440 g/mol. The number of nitrogens with two attached hydrogens (primary N) is 4. The van der Waals surface area contributed by atoms with Gasteiger partial charge < -0.3 is 111 Å². The third kappa shape index (κ3) is 34.8. The Bertz CT molecular complexity index is 3180. The second-order valence-corrected chi connectivity index (χ2v) is 28.3. The number of ether oxygens (including phenoxy) is 3. The molecule has 3 aromatic carbocycles. The molecule has 0 aliphatic carbocycles. The molecule has 0 aromatic heterocycles. The number of nitrogens with one attached hydrogen (secondary N) is 18. The van der Waals surface area contributed by atoms with Crippen molar-refractivity contribution in [2.75, 3.05) is 72.4 Å². The van der Waals surface area contributed by atoms with E-state index in [1.807, 2.05) is 36.4 Å². The number of carbonyl (C=O) groups excluding carboxylic acids is 10. The maximum Gasteiger partial charge on any atom is 0.249 e. The van der Waals surface area contributed by atoms with Crippen LogP contribution in [-0.4, -0.2) is 198 Å². The van der Waals surface area contributed by atoms with Gasteiger partial charge in [-0.15, -0.1) is 0 Å². The summed E-state index contributed by atoms with van der Waals surface area (Å²) >= 11 is 0. The third-order valence-corrected chi connectivity index (χ3v) is 19.5. The van der Waals surface area contributed by atoms with Crippen LogP contribution in [0.1, 0.15) is 82.3 Å². The van der Waals surface area contributed by atoms with Gasteiger partial charge in [-0.2, -0.15) is 0 Å². The summed E-state index contributed by atoms with van der Waals surface area (Å²) < 4.78 is 16.1. The van der Waals surface area contributed by atoms with Crippen molar-refractivity contribution in [1.82, 2.24) is 74.0 Å². The van der Waals surface area contributed by atoms with Crippen LogP contribution in [0.4, 0.5) is 0 Å². The molecule has 544 valence electrons. The lowest BCUT2D eigenvalue weighted by molar-refractivity contribution is -0.135. The van der Waals surface area contributed by atoms with Gasteiger partial charge in [-0.25, -0.2) is 0 Å². The number of amides is 10. The molecule has 3 aromatic rings. The van der Waals surface area contributed by atoms with Gasteiger partial charge in [0, 0.05) is 75.4 Å². The second-order valence-electron chi connectivity index (χ2n) is 22.6. The minimum absolute atomic E-state index is 0.00939. The third-order valence-electron chi connectivity index (χ3n) is 14.7. The van der Waals surface area contributed by atoms with Crippen LogP contribution in [0, 0.1) is 21.6 Å². The summed E-state index contributed by atoms with van der Waals surface area (Å²) in [5.41, 5.74) is 23.4. The molecule has 0 radical (unpaired) electrons. The van der Waals surface area contributed by atoms with Crippen LogP contribution in [0.2, 0.25) is 0 Å². The van der Waals surface area contributed by atoms with Crippen LogP contribution in [0.25, 0.3) is 10.8 Å². The molecule has 0 saturated carbocycles. The zero-order valence-corrected chi connectivity index (χ0v) is 58.3. The molecular formula is C61H97N22O13P3. The summed E-state index contributed by atoms with van der Waals surface area (Å²) in [5, 5.41) is 70.5. The first-order chi connectivity index (χ1) is 47.5. The summed E-state index contributed by atoms with van der Waals surface area (Å²) in [7, 11) is 0.505. The largest absolute Gasteiger partial charge is 0.377 e. The average molecular weight is 1440 g/mol. The predicted octanol–water partition coefficient (Wildman–Crippen LogP) is -3.02. The summed E-state index contributed by atoms with van der Waals surface area (Å²) in [4.78, 5) is 142. The molecule has 4 rings (SSSR count). The molecule has 1 aliphatic heterocycles. The van der Waals surface area contributed by atoms with Gasteiger partial charge in [-0.3, -0.25) is 69.6 Å². The molecule has 3 unspecified atom stereocenters. The predicted molar refractivity (Wildman–Crippen MR) is 380 cm³/mol. The van der Waals surface area contributed by atoms with Crippen LogP contribution >= 0.6 is 24.8 Å². The highest BCUT2D eigenvalue weighted by Gasteiger charge is 2.36. The highest BCUT2D eigenvalue weighted by Crippen LogP contribution is 2.48. The van der Waals surface area contributed by atoms with Crippen molar-refractivity contribution in [1.29, 1.82) is 21.6 Å². The van der Waals surface area contributed by atoms with E-state index in [1.54, 1.807) is 43.3 Å². The summed E-state index contributed by atoms with van der Waals surface area (Å²) in [6, 6.07) is 11.0. The molecule has 1 saturated heterocycles. The number of hydrogen-bond acceptors (Lipinski definition) is 17. The average Bonchev–Trinajstić information content (AvgIpc) is 1.32. The van der Waals surface area contributed by atoms with E-state index in [0.717, 1.165) is 10.8 Å². The van der Waals surface area contributed by atoms with Gasteiger partial charge in [-0.1, -0.05) is 72.8 Å². The molecule has 1 heterocycles. The quantitative estimate of drug-likeness (QED) is 0.0117. The second kappa shape index (κ2) is 47.0. The Balaban J connectivity index is 1.75. The molecule has 1 aliphatic rings. The van der Waals surface area contributed by atoms with Crippen molar-refractivity contribution in [3.63, 3.8) is 0 Å². The van der Waals surface area contributed by atoms with E-state index >= 15 is 14.4 Å². The lowest BCUT2D eigenvalue weighted by Crippen LogP contribution is -2.60. The fraction of sp³-hybridized carbons (Fsp3) is 0.508. The van der Waals surface area contributed by atoms with Gasteiger partial charge in [0.05, 0.1) is 19.8 Å². The van der Waals surface area contributed by atoms with Crippen molar-refractivity contribution >= 4 is 118 Å². The zero-order chi connectivity index (χ0) is 72.3. The van der Waals surface area contributed by atoms with Crippen molar-refractivity contribution < 1.29 is 62.2 Å². The van der Waals surface area contributed by atoms with E-state index in [9.17, 15) is 33.6 Å². The van der Waals surface area contributed by atoms with Crippen LogP contribution < -0.4 is 96.9 Å². The molecule has 10 amide bonds. The molecule has 99 heavy (non-hydrogen) atoms. The van der Waals surface area contributed by atoms with Crippen molar-refractivity contribution in [3.8, 4) is 0 Å². The molecule has 1 fully saturated rings. The first kappa shape index (κ1) is 82.3. The Hall–Kier alpha value is -9.13. The Labute approximate surface area is 579 Å². The standard InChI is InChI=1S/C61H97N22O13P3/c1-2-94-35-49(85)82-97-99-98-83-50(86)36-96-31-30-95-29-28-70-48(84)23-22-45-55(91)80-46(33-37-12-4-3-5-13-37)57(93)81-47(34-38-20-21-39-14-6-7-15-40(39)32-38)56(92)78-44(19-11-27-74-61(68)69)53(89)76-42(17-9-25-72-59(64)65)51(87)75-41(16-8-24-71-58(62)63)52(88)77-43(54(90)79-45)18-10-26-73-60(66)67/h3-7,12-15,20-21,32,41-47,97-99H,2,8-11,16-19,22-31,33-36H2,1H3,(H,70,84)(H,75,87)(H,76,89)(H,77,88)(H,78,92)(H,79,90)(H,80,91)(H,81,93)(H,82,85)(H,83,86)(H4,62,63,71)(H4,64,65,72)(H4,66,67,73)(H4,68,69,74)/t41-,42+,43+,44-,45-,46+,47-/m0/s1. The number of carbonyl (C=O) groups is 10. The SMILES string of the molecule is CCOCC(=O)NPPPNC(=O)COCCOCCNC(=O)CC[C@@H]1NC(=O)[C@@H](CCCNC(=N)N)NC(=O)[C@H](CCCNC(=N)N)NC(=O)[C@@H](CCCNC(=N)N)NC(=O)[C@H](CCCNC(=N)N)NC(=O)[C@H](Cc2ccc3ccccc3c2)NC(=O)[C@@H](Cc2ccccc2)NC1=O. The Kier molecular flexibility index (Phi) is 39.0. The van der Waals surface area contributed by atoms with Gasteiger partial charge in [0.2, 0.25) is 59.1 Å². The van der Waals surface area contributed by atoms with E-state index in [4.69, 9.17) is 58.8 Å². The summed E-state index contributed by atoms with van der Waals surface area (Å²) in [6.45, 7) is 2.27. The van der Waals surface area contributed by atoms with Gasteiger partial charge in [0.15, 0.2) is 23.8 Å². The van der Waals surface area contributed by atoms with E-state index in [2.05, 4.69) is 74.0 Å². The minimum atomic E-state index is -1.62. The molecule has 26 N–H and O–H groups in total.